The highest BCUT2D eigenvalue weighted by Gasteiger charge is 2.62. The molecule has 8 rings (SSSR count). The number of esters is 2. The second-order valence-corrected chi connectivity index (χ2v) is 15.4. The molecule has 0 saturated carbocycles. The Morgan fingerprint density at radius 3 is 1.32 bits per heavy atom. The van der Waals surface area contributed by atoms with Gasteiger partial charge < -0.3 is 56.8 Å². The van der Waals surface area contributed by atoms with E-state index in [1.165, 1.54) is 0 Å². The van der Waals surface area contributed by atoms with E-state index in [-0.39, 0.29) is 24.3 Å². The van der Waals surface area contributed by atoms with Gasteiger partial charge in [0.1, 0.15) is 24.4 Å². The Kier molecular flexibility index (Phi) is 8.16. The summed E-state index contributed by atoms with van der Waals surface area (Å²) in [4.78, 5) is 28.6. The van der Waals surface area contributed by atoms with Crippen molar-refractivity contribution in [3.05, 3.63) is 47.5 Å². The summed E-state index contributed by atoms with van der Waals surface area (Å²) in [5.41, 5.74) is -0.00831. The molecular weight excluding hydrogens is 656 g/mol. The summed E-state index contributed by atoms with van der Waals surface area (Å²) in [6.45, 7) is 14.6. The Labute approximate surface area is 289 Å². The molecule has 2 aromatic rings. The van der Waals surface area contributed by atoms with Crippen molar-refractivity contribution in [1.29, 1.82) is 0 Å². The molecule has 0 amide bonds. The van der Waals surface area contributed by atoms with Gasteiger partial charge in [-0.25, -0.2) is 9.59 Å². The van der Waals surface area contributed by atoms with Crippen LogP contribution in [0.4, 0.5) is 0 Å². The lowest BCUT2D eigenvalue weighted by Crippen LogP contribution is -2.45. The molecule has 0 unspecified atom stereocenters. The minimum Gasteiger partial charge on any atom is -0.453 e. The average molecular weight is 701 g/mol. The van der Waals surface area contributed by atoms with Crippen molar-refractivity contribution >= 4 is 22.7 Å². The Morgan fingerprint density at radius 1 is 0.560 bits per heavy atom. The van der Waals surface area contributed by atoms with E-state index in [2.05, 4.69) is 0 Å². The van der Waals surface area contributed by atoms with E-state index >= 15 is 0 Å². The minimum absolute atomic E-state index is 0.00415. The minimum atomic E-state index is -0.975. The quantitative estimate of drug-likeness (QED) is 0.401. The largest absolute Gasteiger partial charge is 0.453 e. The van der Waals surface area contributed by atoms with Crippen LogP contribution in [0, 0.1) is 0 Å². The third-order valence-corrected chi connectivity index (χ3v) is 9.66. The van der Waals surface area contributed by atoms with Crippen LogP contribution in [-0.4, -0.2) is 110 Å². The molecule has 50 heavy (non-hydrogen) atoms. The van der Waals surface area contributed by atoms with Crippen molar-refractivity contribution in [2.75, 3.05) is 13.2 Å². The summed E-state index contributed by atoms with van der Waals surface area (Å²) >= 11 is 0. The third-order valence-electron chi connectivity index (χ3n) is 9.66. The van der Waals surface area contributed by atoms with Crippen LogP contribution < -0.4 is 0 Å². The molecule has 0 spiro atoms. The van der Waals surface area contributed by atoms with E-state index in [0.29, 0.717) is 0 Å². The van der Waals surface area contributed by atoms with Gasteiger partial charge in [0.05, 0.1) is 24.3 Å². The molecule has 0 aromatic heterocycles. The fourth-order valence-corrected chi connectivity index (χ4v) is 7.58. The number of fused-ring (bicyclic) bond motifs is 3. The Balaban J connectivity index is 1.10. The van der Waals surface area contributed by atoms with E-state index in [1.807, 2.05) is 24.3 Å². The topological polar surface area (TPSA) is 145 Å². The molecule has 0 aliphatic carbocycles. The molecule has 14 nitrogen and oxygen atoms in total. The summed E-state index contributed by atoms with van der Waals surface area (Å²) in [5, 5.41) is 1.44. The smallest absolute Gasteiger partial charge is 0.339 e. The van der Waals surface area contributed by atoms with Crippen LogP contribution in [0.2, 0.25) is 0 Å². The van der Waals surface area contributed by atoms with Crippen molar-refractivity contribution in [1.82, 2.24) is 0 Å². The summed E-state index contributed by atoms with van der Waals surface area (Å²) in [6, 6.07) is 10.6. The Hall–Kier alpha value is -2.76. The van der Waals surface area contributed by atoms with Crippen LogP contribution in [0.3, 0.4) is 0 Å². The van der Waals surface area contributed by atoms with Crippen molar-refractivity contribution in [3.63, 3.8) is 0 Å². The molecule has 6 aliphatic rings. The van der Waals surface area contributed by atoms with Crippen molar-refractivity contribution in [2.24, 2.45) is 0 Å². The lowest BCUT2D eigenvalue weighted by atomic mass is 10.00. The molecule has 6 heterocycles. The zero-order valence-electron chi connectivity index (χ0n) is 29.4. The zero-order chi connectivity index (χ0) is 35.4. The number of carbonyl (C=O) groups excluding carboxylic acids is 2. The van der Waals surface area contributed by atoms with Gasteiger partial charge in [0.15, 0.2) is 60.1 Å². The fraction of sp³-hybridized carbons (Fsp3) is 0.667. The van der Waals surface area contributed by atoms with E-state index in [1.54, 1.807) is 67.5 Å². The fourth-order valence-electron chi connectivity index (χ4n) is 7.58. The van der Waals surface area contributed by atoms with Gasteiger partial charge in [-0.1, -0.05) is 24.3 Å². The van der Waals surface area contributed by atoms with E-state index < -0.39 is 96.5 Å². The highest BCUT2D eigenvalue weighted by Crippen LogP contribution is 2.44. The van der Waals surface area contributed by atoms with Crippen molar-refractivity contribution in [3.8, 4) is 0 Å². The number of rotatable bonds is 6. The standard InChI is InChI=1S/C36H44O14/c1-33(2)39-15-21(45-33)23-25(27-31(43-23)49-35(5,6)47-27)41-29(37)19-13-17-11-9-10-12-18(17)14-20(19)30(38)42-26-24(22-16-40-34(3,4)46-22)44-32-28(26)48-36(7,8)50-32/h9-14,21-28,31-32H,15-16H2,1-8H3/t21-,22-,23-,24-,25+,26+,27-,28-,31-,32-/m1/s1. The van der Waals surface area contributed by atoms with Gasteiger partial charge in [0.2, 0.25) is 0 Å². The monoisotopic (exact) mass is 700 g/mol. The molecule has 10 atom stereocenters. The van der Waals surface area contributed by atoms with Crippen molar-refractivity contribution < 1.29 is 66.4 Å². The molecule has 14 heteroatoms. The first-order valence-corrected chi connectivity index (χ1v) is 17.1. The van der Waals surface area contributed by atoms with Gasteiger partial charge in [-0.05, 0) is 78.3 Å². The molecule has 6 aliphatic heterocycles. The lowest BCUT2D eigenvalue weighted by Gasteiger charge is -2.29. The van der Waals surface area contributed by atoms with E-state index in [9.17, 15) is 9.59 Å². The molecule has 0 radical (unpaired) electrons. The van der Waals surface area contributed by atoms with Gasteiger partial charge in [0.25, 0.3) is 0 Å². The van der Waals surface area contributed by atoms with Gasteiger partial charge >= 0.3 is 11.9 Å². The van der Waals surface area contributed by atoms with Crippen LogP contribution in [0.1, 0.15) is 76.1 Å². The van der Waals surface area contributed by atoms with Crippen LogP contribution in [0.25, 0.3) is 10.8 Å². The normalized spacial score (nSPS) is 39.0. The number of ether oxygens (including phenoxy) is 12. The van der Waals surface area contributed by atoms with E-state index in [0.717, 1.165) is 10.8 Å². The molecule has 0 N–H and O–H groups in total. The molecular formula is C36H44O14. The summed E-state index contributed by atoms with van der Waals surface area (Å²) in [5.74, 6) is -5.21. The second kappa shape index (κ2) is 11.9. The molecule has 2 aromatic carbocycles. The second-order valence-electron chi connectivity index (χ2n) is 15.4. The SMILES string of the molecule is CC1(C)O[C@H]2O[C@H]([C@H]3COC(C)(C)O3)[C@H](OC(=O)c3cc4ccccc4cc3C(=O)O[C@@H]3[C@H]4OC(C)(C)O[C@H]4O[C@@H]3[C@H]3COC(C)(C)O3)[C@H]2O1. The maximum Gasteiger partial charge on any atom is 0.339 e. The Morgan fingerprint density at radius 2 is 0.960 bits per heavy atom. The summed E-state index contributed by atoms with van der Waals surface area (Å²) in [6.07, 6.45) is -7.69. The number of benzene rings is 2. The maximum absolute atomic E-state index is 14.3. The predicted molar refractivity (Wildman–Crippen MR) is 170 cm³/mol. The van der Waals surface area contributed by atoms with Crippen LogP contribution in [0.5, 0.6) is 0 Å². The van der Waals surface area contributed by atoms with Gasteiger partial charge in [-0.3, -0.25) is 0 Å². The average Bonchev–Trinajstić information content (AvgIpc) is 3.85. The summed E-state index contributed by atoms with van der Waals surface area (Å²) in [7, 11) is 0. The highest BCUT2D eigenvalue weighted by molar-refractivity contribution is 6.07. The molecule has 272 valence electrons. The molecule has 6 fully saturated rings. The highest BCUT2D eigenvalue weighted by atomic mass is 16.9. The molecule has 0 bridgehead atoms. The number of carbonyl (C=O) groups is 2. The zero-order valence-corrected chi connectivity index (χ0v) is 29.4. The number of hydrogen-bond acceptors (Lipinski definition) is 14. The van der Waals surface area contributed by atoms with Crippen LogP contribution in [0.15, 0.2) is 36.4 Å². The predicted octanol–water partition coefficient (Wildman–Crippen LogP) is 3.95. The van der Waals surface area contributed by atoms with Gasteiger partial charge in [-0.15, -0.1) is 0 Å². The van der Waals surface area contributed by atoms with Gasteiger partial charge in [0, 0.05) is 0 Å². The first-order valence-electron chi connectivity index (χ1n) is 17.1. The molecule has 6 saturated heterocycles. The van der Waals surface area contributed by atoms with Gasteiger partial charge in [-0.2, -0.15) is 0 Å². The van der Waals surface area contributed by atoms with Crippen molar-refractivity contribution in [2.45, 2.75) is 140 Å². The summed E-state index contributed by atoms with van der Waals surface area (Å²) < 4.78 is 73.0. The van der Waals surface area contributed by atoms with Crippen LogP contribution in [-0.2, 0) is 56.8 Å². The maximum atomic E-state index is 14.3. The van der Waals surface area contributed by atoms with Crippen LogP contribution >= 0.6 is 0 Å². The Bertz CT molecular complexity index is 1550. The first kappa shape index (κ1) is 34.3. The van der Waals surface area contributed by atoms with E-state index in [4.69, 9.17) is 56.8 Å². The lowest BCUT2D eigenvalue weighted by molar-refractivity contribution is -0.232. The number of hydrogen-bond donors (Lipinski definition) is 0. The third kappa shape index (κ3) is 6.33. The first-order chi connectivity index (χ1) is 23.5.